The highest BCUT2D eigenvalue weighted by Gasteiger charge is 2.51. The molecule has 4 aliphatic heterocycles. The Morgan fingerprint density at radius 1 is 1.27 bits per heavy atom. The minimum atomic E-state index is -2.45. The average molecular weight is 458 g/mol. The van der Waals surface area contributed by atoms with Crippen LogP contribution in [0.5, 0.6) is 0 Å². The molecular weight excluding hydrogens is 424 g/mol. The minimum absolute atomic E-state index is 0.00240. The fraction of sp³-hybridized carbons (Fsp3) is 0.720. The fourth-order valence-electron chi connectivity index (χ4n) is 6.80. The molecule has 1 amide bonds. The van der Waals surface area contributed by atoms with Gasteiger partial charge < -0.3 is 15.5 Å². The summed E-state index contributed by atoms with van der Waals surface area (Å²) in [5.41, 5.74) is 4.99. The predicted molar refractivity (Wildman–Crippen MR) is 123 cm³/mol. The standard InChI is InChI=1S/C25H33F2N5O/c1-13-29-21-7-15(4-3-14-11-25(26,27)12-14)31-23(21)24(30-13)32-16-5-6-17(32)9-19-18(8-16)20(19)10-22(33)28-2/h7,13-14,16-18,23,29H,3-6,8-12H2,1-2H3,(H,28,33). The quantitative estimate of drug-likeness (QED) is 0.621. The molecule has 2 bridgehead atoms. The Morgan fingerprint density at radius 2 is 2.06 bits per heavy atom. The molecule has 8 heteroatoms. The number of carbonyl (C=O) groups is 1. The van der Waals surface area contributed by atoms with Crippen molar-refractivity contribution in [1.82, 2.24) is 15.5 Å². The Balaban J connectivity index is 1.17. The number of aliphatic imine (C=N–C) groups is 2. The Bertz CT molecular complexity index is 991. The van der Waals surface area contributed by atoms with E-state index in [1.807, 2.05) is 0 Å². The molecule has 0 aromatic carbocycles. The van der Waals surface area contributed by atoms with E-state index in [1.54, 1.807) is 7.05 Å². The summed E-state index contributed by atoms with van der Waals surface area (Å²) in [5.74, 6) is -0.639. The summed E-state index contributed by atoms with van der Waals surface area (Å²) in [7, 11) is 1.70. The summed E-state index contributed by atoms with van der Waals surface area (Å²) in [6.45, 7) is 2.08. The number of amidine groups is 1. The van der Waals surface area contributed by atoms with Gasteiger partial charge in [-0.15, -0.1) is 0 Å². The zero-order valence-electron chi connectivity index (χ0n) is 19.4. The number of allylic oxidation sites excluding steroid dienone is 1. The number of rotatable bonds is 5. The van der Waals surface area contributed by atoms with Crippen molar-refractivity contribution in [1.29, 1.82) is 0 Å². The molecule has 1 saturated carbocycles. The number of carbonyl (C=O) groups excluding carboxylic acids is 1. The van der Waals surface area contributed by atoms with E-state index in [0.29, 0.717) is 24.4 Å². The molecule has 2 saturated heterocycles. The number of alkyl halides is 2. The van der Waals surface area contributed by atoms with Crippen LogP contribution in [0.3, 0.4) is 0 Å². The van der Waals surface area contributed by atoms with Crippen molar-refractivity contribution in [2.75, 3.05) is 7.05 Å². The molecule has 4 heterocycles. The molecule has 6 nitrogen and oxygen atoms in total. The highest BCUT2D eigenvalue weighted by Crippen LogP contribution is 2.54. The first kappa shape index (κ1) is 21.3. The first-order valence-corrected chi connectivity index (χ1v) is 12.5. The van der Waals surface area contributed by atoms with Gasteiger partial charge in [0.15, 0.2) is 0 Å². The fourth-order valence-corrected chi connectivity index (χ4v) is 6.80. The Morgan fingerprint density at radius 3 is 2.82 bits per heavy atom. The van der Waals surface area contributed by atoms with Gasteiger partial charge in [0.25, 0.3) is 0 Å². The molecule has 33 heavy (non-hydrogen) atoms. The summed E-state index contributed by atoms with van der Waals surface area (Å²) in [6, 6.07) is 0.788. The lowest BCUT2D eigenvalue weighted by molar-refractivity contribution is -0.119. The van der Waals surface area contributed by atoms with Crippen LogP contribution in [0, 0.1) is 11.8 Å². The third-order valence-electron chi connectivity index (χ3n) is 8.49. The number of nitrogens with zero attached hydrogens (tertiary/aromatic N) is 3. The summed E-state index contributed by atoms with van der Waals surface area (Å²) >= 11 is 0. The number of hydrogen-bond acceptors (Lipinski definition) is 5. The summed E-state index contributed by atoms with van der Waals surface area (Å²) < 4.78 is 26.4. The number of hydrogen-bond donors (Lipinski definition) is 2. The molecule has 5 atom stereocenters. The average Bonchev–Trinajstić information content (AvgIpc) is 3.05. The first-order chi connectivity index (χ1) is 15.8. The molecule has 3 fully saturated rings. The number of amides is 1. The zero-order valence-corrected chi connectivity index (χ0v) is 19.4. The number of halogens is 2. The van der Waals surface area contributed by atoms with E-state index < -0.39 is 5.92 Å². The highest BCUT2D eigenvalue weighted by atomic mass is 19.3. The van der Waals surface area contributed by atoms with E-state index in [9.17, 15) is 13.6 Å². The van der Waals surface area contributed by atoms with Gasteiger partial charge in [0.1, 0.15) is 18.0 Å². The maximum Gasteiger partial charge on any atom is 0.248 e. The lowest BCUT2D eigenvalue weighted by atomic mass is 9.78. The lowest BCUT2D eigenvalue weighted by Gasteiger charge is -2.38. The van der Waals surface area contributed by atoms with Crippen molar-refractivity contribution in [3.05, 3.63) is 22.9 Å². The second-order valence-electron chi connectivity index (χ2n) is 10.8. The van der Waals surface area contributed by atoms with Crippen LogP contribution < -0.4 is 10.6 Å². The van der Waals surface area contributed by atoms with Crippen molar-refractivity contribution in [2.24, 2.45) is 21.8 Å². The SMILES string of the molecule is CNC(=O)CC1=C2CC3CCC(CC12)N3C1=NC(C)NC2=CC(CCC3CC(F)(F)C3)=NC21. The molecule has 6 rings (SSSR count). The van der Waals surface area contributed by atoms with Crippen LogP contribution in [-0.2, 0) is 4.79 Å². The van der Waals surface area contributed by atoms with Gasteiger partial charge in [0.2, 0.25) is 11.8 Å². The zero-order chi connectivity index (χ0) is 22.9. The van der Waals surface area contributed by atoms with Crippen molar-refractivity contribution < 1.29 is 13.6 Å². The molecule has 0 aromatic rings. The molecule has 178 valence electrons. The second kappa shape index (κ2) is 7.64. The number of fused-ring (bicyclic) bond motifs is 4. The Labute approximate surface area is 193 Å². The predicted octanol–water partition coefficient (Wildman–Crippen LogP) is 3.56. The minimum Gasteiger partial charge on any atom is -0.365 e. The van der Waals surface area contributed by atoms with E-state index in [-0.39, 0.29) is 36.9 Å². The lowest BCUT2D eigenvalue weighted by Crippen LogP contribution is -2.51. The largest absolute Gasteiger partial charge is 0.365 e. The van der Waals surface area contributed by atoms with Gasteiger partial charge in [-0.1, -0.05) is 11.1 Å². The Kier molecular flexibility index (Phi) is 4.93. The molecule has 5 unspecified atom stereocenters. The van der Waals surface area contributed by atoms with Crippen LogP contribution in [0.15, 0.2) is 32.9 Å². The number of nitrogens with one attached hydrogen (secondary N) is 2. The van der Waals surface area contributed by atoms with E-state index in [4.69, 9.17) is 9.98 Å². The third kappa shape index (κ3) is 3.79. The monoisotopic (exact) mass is 457 g/mol. The molecule has 0 spiro atoms. The van der Waals surface area contributed by atoms with E-state index >= 15 is 0 Å². The summed E-state index contributed by atoms with van der Waals surface area (Å²) in [4.78, 5) is 24.5. The van der Waals surface area contributed by atoms with Gasteiger partial charge in [0.05, 0.1) is 0 Å². The third-order valence-corrected chi connectivity index (χ3v) is 8.49. The molecule has 6 aliphatic rings. The molecule has 2 aliphatic carbocycles. The normalized spacial score (nSPS) is 36.1. The van der Waals surface area contributed by atoms with Gasteiger partial charge in [-0.2, -0.15) is 0 Å². The van der Waals surface area contributed by atoms with Crippen LogP contribution in [0.2, 0.25) is 0 Å². The maximum atomic E-state index is 13.2. The van der Waals surface area contributed by atoms with E-state index in [0.717, 1.165) is 49.3 Å². The van der Waals surface area contributed by atoms with Gasteiger partial charge in [-0.3, -0.25) is 9.79 Å². The van der Waals surface area contributed by atoms with Gasteiger partial charge in [0, 0.05) is 55.7 Å². The van der Waals surface area contributed by atoms with Crippen LogP contribution in [0.1, 0.15) is 64.7 Å². The molecule has 0 radical (unpaired) electrons. The van der Waals surface area contributed by atoms with Crippen LogP contribution >= 0.6 is 0 Å². The highest BCUT2D eigenvalue weighted by molar-refractivity contribution is 6.04. The second-order valence-corrected chi connectivity index (χ2v) is 10.8. The van der Waals surface area contributed by atoms with Crippen LogP contribution in [0.25, 0.3) is 0 Å². The van der Waals surface area contributed by atoms with Crippen molar-refractivity contribution in [3.8, 4) is 0 Å². The topological polar surface area (TPSA) is 69.1 Å². The summed E-state index contributed by atoms with van der Waals surface area (Å²) in [5, 5.41) is 6.24. The van der Waals surface area contributed by atoms with Crippen LogP contribution in [-0.4, -0.2) is 59.6 Å². The summed E-state index contributed by atoms with van der Waals surface area (Å²) in [6.07, 6.45) is 8.72. The van der Waals surface area contributed by atoms with Crippen LogP contribution in [0.4, 0.5) is 8.78 Å². The Hall–Kier alpha value is -2.25. The van der Waals surface area contributed by atoms with Crippen molar-refractivity contribution in [3.63, 3.8) is 0 Å². The van der Waals surface area contributed by atoms with Gasteiger partial charge in [-0.05, 0) is 57.4 Å². The smallest absolute Gasteiger partial charge is 0.248 e. The van der Waals surface area contributed by atoms with Gasteiger partial charge in [-0.25, -0.2) is 13.8 Å². The molecule has 0 aromatic heterocycles. The molecule has 2 N–H and O–H groups in total. The van der Waals surface area contributed by atoms with Crippen molar-refractivity contribution >= 4 is 17.5 Å². The van der Waals surface area contributed by atoms with E-state index in [2.05, 4.69) is 28.5 Å². The van der Waals surface area contributed by atoms with Gasteiger partial charge >= 0.3 is 0 Å². The van der Waals surface area contributed by atoms with E-state index in [1.165, 1.54) is 17.6 Å². The first-order valence-electron chi connectivity index (χ1n) is 12.5. The van der Waals surface area contributed by atoms with Crippen molar-refractivity contribution in [2.45, 2.75) is 94.9 Å². The maximum absolute atomic E-state index is 13.2. The molecular formula is C25H33F2N5O.